The molecule has 17 heavy (non-hydrogen) atoms. The second-order valence-electron chi connectivity index (χ2n) is 3.13. The van der Waals surface area contributed by atoms with Crippen molar-refractivity contribution in [2.45, 2.75) is 13.0 Å². The molecule has 0 bridgehead atoms. The van der Waals surface area contributed by atoms with Crippen LogP contribution in [0.1, 0.15) is 6.42 Å². The molecule has 0 aromatic carbocycles. The summed E-state index contributed by atoms with van der Waals surface area (Å²) in [7, 11) is 1.23. The molecule has 0 aliphatic carbocycles. The van der Waals surface area contributed by atoms with E-state index in [0.717, 1.165) is 16.8 Å². The lowest BCUT2D eigenvalue weighted by Gasteiger charge is -2.05. The predicted octanol–water partition coefficient (Wildman–Crippen LogP) is 1.08. The van der Waals surface area contributed by atoms with Crippen molar-refractivity contribution in [3.63, 3.8) is 0 Å². The topological polar surface area (TPSA) is 91.4 Å². The van der Waals surface area contributed by atoms with Crippen LogP contribution in [0.25, 0.3) is 0 Å². The van der Waals surface area contributed by atoms with Gasteiger partial charge in [-0.2, -0.15) is 0 Å². The number of halogens is 1. The summed E-state index contributed by atoms with van der Waals surface area (Å²) in [5, 5.41) is 10.6. The number of aryl methyl sites for hydroxylation is 1. The molecule has 1 aromatic heterocycles. The fourth-order valence-corrected chi connectivity index (χ4v) is 1.63. The maximum atomic E-state index is 11.6. The monoisotopic (exact) mass is 304 g/mol. The van der Waals surface area contributed by atoms with Gasteiger partial charge in [0, 0.05) is 12.6 Å². The number of carbonyl (C=O) groups excluding carboxylic acids is 1. The molecule has 0 saturated carbocycles. The Morgan fingerprint density at radius 3 is 2.82 bits per heavy atom. The number of nitrogens with zero attached hydrogens (tertiary/aromatic N) is 2. The van der Waals surface area contributed by atoms with Crippen LogP contribution in [0.15, 0.2) is 21.5 Å². The summed E-state index contributed by atoms with van der Waals surface area (Å²) in [6, 6.07) is 1.12. The number of nitro groups is 1. The summed E-state index contributed by atoms with van der Waals surface area (Å²) in [5.74, 6) is -0.487. The van der Waals surface area contributed by atoms with Crippen LogP contribution in [0.4, 0.5) is 5.69 Å². The Kier molecular flexibility index (Phi) is 4.38. The van der Waals surface area contributed by atoms with Crippen LogP contribution in [-0.2, 0) is 16.1 Å². The summed E-state index contributed by atoms with van der Waals surface area (Å²) in [4.78, 5) is 32.5. The van der Waals surface area contributed by atoms with Crippen molar-refractivity contribution in [3.05, 3.63) is 37.2 Å². The molecule has 0 atom stereocenters. The van der Waals surface area contributed by atoms with E-state index < -0.39 is 16.5 Å². The lowest BCUT2D eigenvalue weighted by atomic mass is 10.3. The third-order valence-electron chi connectivity index (χ3n) is 2.02. The van der Waals surface area contributed by atoms with Gasteiger partial charge in [-0.25, -0.2) is 0 Å². The normalized spacial score (nSPS) is 10.0. The Labute approximate surface area is 104 Å². The minimum Gasteiger partial charge on any atom is -0.469 e. The smallest absolute Gasteiger partial charge is 0.307 e. The van der Waals surface area contributed by atoms with E-state index in [2.05, 4.69) is 20.7 Å². The van der Waals surface area contributed by atoms with Crippen LogP contribution in [0.5, 0.6) is 0 Å². The number of aromatic nitrogens is 1. The minimum atomic E-state index is -0.612. The molecule has 0 saturated heterocycles. The fourth-order valence-electron chi connectivity index (χ4n) is 1.16. The molecular weight excluding hydrogens is 296 g/mol. The fraction of sp³-hybridized carbons (Fsp3) is 0.333. The van der Waals surface area contributed by atoms with E-state index in [1.54, 1.807) is 0 Å². The van der Waals surface area contributed by atoms with E-state index in [1.807, 2.05) is 0 Å². The first-order valence-corrected chi connectivity index (χ1v) is 5.36. The Morgan fingerprint density at radius 2 is 2.29 bits per heavy atom. The average molecular weight is 305 g/mol. The number of hydrogen-bond donors (Lipinski definition) is 0. The molecule has 0 aliphatic heterocycles. The third-order valence-corrected chi connectivity index (χ3v) is 2.59. The van der Waals surface area contributed by atoms with Crippen LogP contribution in [0, 0.1) is 10.1 Å². The summed E-state index contributed by atoms with van der Waals surface area (Å²) in [6.45, 7) is 0.0335. The second-order valence-corrected chi connectivity index (χ2v) is 3.98. The van der Waals surface area contributed by atoms with Gasteiger partial charge in [-0.15, -0.1) is 0 Å². The SMILES string of the molecule is COC(=O)CCn1cc([N+](=O)[O-])cc(Br)c1=O. The number of esters is 1. The van der Waals surface area contributed by atoms with Crippen molar-refractivity contribution in [2.24, 2.45) is 0 Å². The van der Waals surface area contributed by atoms with E-state index in [0.29, 0.717) is 0 Å². The average Bonchev–Trinajstić information content (AvgIpc) is 2.30. The highest BCUT2D eigenvalue weighted by atomic mass is 79.9. The molecule has 0 unspecified atom stereocenters. The second kappa shape index (κ2) is 5.58. The molecule has 1 rings (SSSR count). The van der Waals surface area contributed by atoms with E-state index in [9.17, 15) is 19.7 Å². The van der Waals surface area contributed by atoms with Gasteiger partial charge < -0.3 is 9.30 Å². The maximum absolute atomic E-state index is 11.6. The third kappa shape index (κ3) is 3.38. The molecule has 0 radical (unpaired) electrons. The summed E-state index contributed by atoms with van der Waals surface area (Å²) in [5.41, 5.74) is -0.652. The first-order chi connectivity index (χ1) is 7.95. The van der Waals surface area contributed by atoms with Gasteiger partial charge >= 0.3 is 5.97 Å². The lowest BCUT2D eigenvalue weighted by molar-refractivity contribution is -0.385. The highest BCUT2D eigenvalue weighted by Crippen LogP contribution is 2.14. The van der Waals surface area contributed by atoms with Crippen LogP contribution in [-0.4, -0.2) is 22.6 Å². The number of rotatable bonds is 4. The predicted molar refractivity (Wildman–Crippen MR) is 61.7 cm³/mol. The van der Waals surface area contributed by atoms with Crippen LogP contribution >= 0.6 is 15.9 Å². The zero-order valence-electron chi connectivity index (χ0n) is 8.88. The zero-order chi connectivity index (χ0) is 13.0. The van der Waals surface area contributed by atoms with Crippen molar-refractivity contribution in [3.8, 4) is 0 Å². The molecule has 0 spiro atoms. The van der Waals surface area contributed by atoms with Gasteiger partial charge in [0.15, 0.2) is 0 Å². The van der Waals surface area contributed by atoms with E-state index in [4.69, 9.17) is 0 Å². The van der Waals surface area contributed by atoms with E-state index >= 15 is 0 Å². The highest BCUT2D eigenvalue weighted by molar-refractivity contribution is 9.10. The van der Waals surface area contributed by atoms with Gasteiger partial charge in [0.2, 0.25) is 0 Å². The molecule has 1 heterocycles. The van der Waals surface area contributed by atoms with Crippen molar-refractivity contribution >= 4 is 27.6 Å². The van der Waals surface area contributed by atoms with Gasteiger partial charge in [0.25, 0.3) is 11.2 Å². The number of pyridine rings is 1. The minimum absolute atomic E-state index is 0.0238. The quantitative estimate of drug-likeness (QED) is 0.471. The van der Waals surface area contributed by atoms with Gasteiger partial charge in [0.1, 0.15) is 0 Å². The van der Waals surface area contributed by atoms with Gasteiger partial charge in [-0.3, -0.25) is 19.7 Å². The molecule has 0 N–H and O–H groups in total. The zero-order valence-corrected chi connectivity index (χ0v) is 10.5. The van der Waals surface area contributed by atoms with Crippen LogP contribution < -0.4 is 5.56 Å². The highest BCUT2D eigenvalue weighted by Gasteiger charge is 2.13. The summed E-state index contributed by atoms with van der Waals surface area (Å²) < 4.78 is 5.60. The van der Waals surface area contributed by atoms with Crippen LogP contribution in [0.2, 0.25) is 0 Å². The Bertz CT molecular complexity index is 511. The number of carbonyl (C=O) groups is 1. The van der Waals surface area contributed by atoms with Gasteiger partial charge in [-0.05, 0) is 15.9 Å². The summed E-state index contributed by atoms with van der Waals surface area (Å²) >= 11 is 2.94. The Morgan fingerprint density at radius 1 is 1.65 bits per heavy atom. The van der Waals surface area contributed by atoms with Gasteiger partial charge in [-0.1, -0.05) is 0 Å². The molecule has 8 heteroatoms. The molecule has 92 valence electrons. The van der Waals surface area contributed by atoms with E-state index in [1.165, 1.54) is 7.11 Å². The molecule has 0 aliphatic rings. The Balaban J connectivity index is 3.02. The van der Waals surface area contributed by atoms with Crippen LogP contribution in [0.3, 0.4) is 0 Å². The van der Waals surface area contributed by atoms with E-state index in [-0.39, 0.29) is 23.1 Å². The van der Waals surface area contributed by atoms with Crippen molar-refractivity contribution in [1.29, 1.82) is 0 Å². The van der Waals surface area contributed by atoms with Crippen molar-refractivity contribution in [1.82, 2.24) is 4.57 Å². The maximum Gasteiger partial charge on any atom is 0.307 e. The number of methoxy groups -OCH3 is 1. The molecule has 0 amide bonds. The van der Waals surface area contributed by atoms with Crippen molar-refractivity contribution in [2.75, 3.05) is 7.11 Å². The molecular formula is C9H9BrN2O5. The first-order valence-electron chi connectivity index (χ1n) is 4.57. The first kappa shape index (κ1) is 13.4. The molecule has 7 nitrogen and oxygen atoms in total. The van der Waals surface area contributed by atoms with Gasteiger partial charge in [0.05, 0.1) is 29.1 Å². The largest absolute Gasteiger partial charge is 0.469 e. The number of hydrogen-bond acceptors (Lipinski definition) is 5. The lowest BCUT2D eigenvalue weighted by Crippen LogP contribution is -2.22. The molecule has 1 aromatic rings. The summed E-state index contributed by atoms with van der Waals surface area (Å²) in [6.07, 6.45) is 1.07. The van der Waals surface area contributed by atoms with Crippen molar-refractivity contribution < 1.29 is 14.5 Å². The Hall–Kier alpha value is -1.70. The number of ether oxygens (including phenoxy) is 1. The molecule has 0 fully saturated rings. The standard InChI is InChI=1S/C9H9BrN2O5/c1-17-8(13)2-3-11-5-6(12(15)16)4-7(10)9(11)14/h4-5H,2-3H2,1H3.